The van der Waals surface area contributed by atoms with Crippen LogP contribution in [0.1, 0.15) is 35.8 Å². The maximum absolute atomic E-state index is 5.83. The summed E-state index contributed by atoms with van der Waals surface area (Å²) in [6.45, 7) is 0. The van der Waals surface area contributed by atoms with Gasteiger partial charge in [-0.05, 0) is 47.6 Å². The third-order valence-electron chi connectivity index (χ3n) is 5.91. The fourth-order valence-electron chi connectivity index (χ4n) is 4.99. The van der Waals surface area contributed by atoms with E-state index in [2.05, 4.69) is 60.7 Å². The molecule has 1 heterocycles. The highest BCUT2D eigenvalue weighted by molar-refractivity contribution is 5.35. The molecule has 1 saturated heterocycles. The second-order valence-corrected chi connectivity index (χ2v) is 6.89. The molecule has 0 spiro atoms. The zero-order valence-electron chi connectivity index (χ0n) is 12.1. The van der Waals surface area contributed by atoms with Crippen molar-refractivity contribution in [1.82, 2.24) is 0 Å². The summed E-state index contributed by atoms with van der Waals surface area (Å²) in [7, 11) is 0. The first kappa shape index (κ1) is 12.0. The minimum Gasteiger partial charge on any atom is -0.370 e. The van der Waals surface area contributed by atoms with Gasteiger partial charge in [-0.25, -0.2) is 0 Å². The van der Waals surface area contributed by atoms with Gasteiger partial charge in [-0.3, -0.25) is 0 Å². The van der Waals surface area contributed by atoms with Crippen molar-refractivity contribution < 1.29 is 4.74 Å². The van der Waals surface area contributed by atoms with Crippen LogP contribution >= 0.6 is 0 Å². The molecule has 4 aliphatic rings. The van der Waals surface area contributed by atoms with Crippen LogP contribution in [0.3, 0.4) is 0 Å². The van der Waals surface area contributed by atoms with Crippen LogP contribution in [0, 0.1) is 11.8 Å². The third kappa shape index (κ3) is 1.80. The molecular formula is C20H20O. The van der Waals surface area contributed by atoms with Gasteiger partial charge in [0.05, 0.1) is 12.2 Å². The largest absolute Gasteiger partial charge is 0.370 e. The first-order chi connectivity index (χ1) is 10.4. The molecule has 106 valence electrons. The van der Waals surface area contributed by atoms with Crippen molar-refractivity contribution in [1.29, 1.82) is 0 Å². The average Bonchev–Trinajstić information content (AvgIpc) is 3.27. The smallest absolute Gasteiger partial charge is 0.0845 e. The van der Waals surface area contributed by atoms with Crippen LogP contribution in [0.2, 0.25) is 0 Å². The number of hydrogen-bond acceptors (Lipinski definition) is 1. The lowest BCUT2D eigenvalue weighted by molar-refractivity contribution is 0.0652. The van der Waals surface area contributed by atoms with Crippen molar-refractivity contribution >= 4 is 0 Å². The maximum atomic E-state index is 5.83. The van der Waals surface area contributed by atoms with Gasteiger partial charge in [0.25, 0.3) is 0 Å². The molecule has 2 aromatic rings. The standard InChI is InChI=1S/C20H20O/c1-3-7-13(8-4-1)19-15-11-17-18(21-17)12-16(19)20(15)14-9-5-2-6-10-14/h1-10,15-20H,11-12H2/t15?,16?,17-,18-,19?,20?/m0/s1. The molecule has 1 heteroatoms. The molecule has 0 aromatic heterocycles. The first-order valence-corrected chi connectivity index (χ1v) is 8.17. The van der Waals surface area contributed by atoms with E-state index in [9.17, 15) is 0 Å². The van der Waals surface area contributed by atoms with E-state index >= 15 is 0 Å². The number of rotatable bonds is 2. The molecular weight excluding hydrogens is 256 g/mol. The minimum atomic E-state index is 0.555. The van der Waals surface area contributed by atoms with Crippen molar-refractivity contribution in [2.75, 3.05) is 0 Å². The van der Waals surface area contributed by atoms with Crippen LogP contribution in [-0.2, 0) is 4.74 Å². The van der Waals surface area contributed by atoms with Crippen molar-refractivity contribution in [2.24, 2.45) is 11.8 Å². The quantitative estimate of drug-likeness (QED) is 0.742. The van der Waals surface area contributed by atoms with Gasteiger partial charge in [-0.1, -0.05) is 60.7 Å². The molecule has 3 aliphatic carbocycles. The predicted octanol–water partition coefficient (Wildman–Crippen LogP) is 4.36. The zero-order valence-corrected chi connectivity index (χ0v) is 12.1. The van der Waals surface area contributed by atoms with E-state index in [-0.39, 0.29) is 0 Å². The highest BCUT2D eigenvalue weighted by atomic mass is 16.6. The summed E-state index contributed by atoms with van der Waals surface area (Å²) in [6, 6.07) is 22.3. The second-order valence-electron chi connectivity index (χ2n) is 6.89. The molecule has 4 fully saturated rings. The number of ether oxygens (including phenoxy) is 1. The minimum absolute atomic E-state index is 0.555. The fourth-order valence-corrected chi connectivity index (χ4v) is 4.99. The molecule has 2 bridgehead atoms. The van der Waals surface area contributed by atoms with Crippen LogP contribution in [0.15, 0.2) is 60.7 Å². The van der Waals surface area contributed by atoms with E-state index in [1.165, 1.54) is 12.8 Å². The molecule has 2 aromatic carbocycles. The lowest BCUT2D eigenvalue weighted by Crippen LogP contribution is -2.43. The summed E-state index contributed by atoms with van der Waals surface area (Å²) in [6.07, 6.45) is 3.61. The molecule has 0 N–H and O–H groups in total. The normalized spacial score (nSPS) is 39.8. The van der Waals surface area contributed by atoms with Gasteiger partial charge in [0.15, 0.2) is 0 Å². The molecule has 1 aliphatic heterocycles. The van der Waals surface area contributed by atoms with E-state index in [0.717, 1.165) is 23.7 Å². The van der Waals surface area contributed by atoms with Gasteiger partial charge in [0.2, 0.25) is 0 Å². The van der Waals surface area contributed by atoms with Crippen LogP contribution in [-0.4, -0.2) is 12.2 Å². The maximum Gasteiger partial charge on any atom is 0.0845 e. The van der Waals surface area contributed by atoms with Gasteiger partial charge in [0.1, 0.15) is 0 Å². The Balaban J connectivity index is 1.53. The summed E-state index contributed by atoms with van der Waals surface area (Å²) in [4.78, 5) is 0. The second kappa shape index (κ2) is 4.45. The molecule has 3 saturated carbocycles. The summed E-state index contributed by atoms with van der Waals surface area (Å²) in [5.74, 6) is 3.01. The van der Waals surface area contributed by atoms with Gasteiger partial charge in [-0.2, -0.15) is 0 Å². The molecule has 6 rings (SSSR count). The lowest BCUT2D eigenvalue weighted by Gasteiger charge is -2.52. The van der Waals surface area contributed by atoms with E-state index in [1.54, 1.807) is 11.1 Å². The Kier molecular flexibility index (Phi) is 2.54. The summed E-state index contributed by atoms with van der Waals surface area (Å²) >= 11 is 0. The Morgan fingerprint density at radius 1 is 0.619 bits per heavy atom. The van der Waals surface area contributed by atoms with Crippen molar-refractivity contribution in [3.63, 3.8) is 0 Å². The number of hydrogen-bond donors (Lipinski definition) is 0. The molecule has 2 atom stereocenters. The number of benzene rings is 2. The summed E-state index contributed by atoms with van der Waals surface area (Å²) in [5, 5.41) is 0. The van der Waals surface area contributed by atoms with Crippen LogP contribution in [0.5, 0.6) is 0 Å². The van der Waals surface area contributed by atoms with Gasteiger partial charge >= 0.3 is 0 Å². The monoisotopic (exact) mass is 276 g/mol. The van der Waals surface area contributed by atoms with E-state index in [1.807, 2.05) is 0 Å². The van der Waals surface area contributed by atoms with Crippen molar-refractivity contribution in [3.05, 3.63) is 71.8 Å². The van der Waals surface area contributed by atoms with Gasteiger partial charge in [-0.15, -0.1) is 0 Å². The van der Waals surface area contributed by atoms with E-state index < -0.39 is 0 Å². The molecule has 1 nitrogen and oxygen atoms in total. The highest BCUT2D eigenvalue weighted by Crippen LogP contribution is 2.65. The van der Waals surface area contributed by atoms with Crippen LogP contribution < -0.4 is 0 Å². The van der Waals surface area contributed by atoms with E-state index in [4.69, 9.17) is 4.74 Å². The van der Waals surface area contributed by atoms with Crippen molar-refractivity contribution in [2.45, 2.75) is 36.9 Å². The Labute approximate surface area is 126 Å². The molecule has 21 heavy (non-hydrogen) atoms. The van der Waals surface area contributed by atoms with Gasteiger partial charge < -0.3 is 4.74 Å². The van der Waals surface area contributed by atoms with Crippen LogP contribution in [0.25, 0.3) is 0 Å². The highest BCUT2D eigenvalue weighted by Gasteiger charge is 2.60. The van der Waals surface area contributed by atoms with Crippen LogP contribution in [0.4, 0.5) is 0 Å². The lowest BCUT2D eigenvalue weighted by atomic mass is 9.52. The SMILES string of the molecule is c1ccc(C2C3C[C@@H]4O[C@H]4CC2C3c2ccccc2)cc1. The molecule has 0 unspecified atom stereocenters. The van der Waals surface area contributed by atoms with Crippen molar-refractivity contribution in [3.8, 4) is 0 Å². The Morgan fingerprint density at radius 2 is 1.05 bits per heavy atom. The molecule has 0 amide bonds. The summed E-state index contributed by atoms with van der Waals surface area (Å²) < 4.78 is 5.83. The fraction of sp³-hybridized carbons (Fsp3) is 0.400. The summed E-state index contributed by atoms with van der Waals surface area (Å²) in [5.41, 5.74) is 3.09. The number of epoxide rings is 1. The topological polar surface area (TPSA) is 12.5 Å². The molecule has 0 radical (unpaired) electrons. The Bertz CT molecular complexity index is 570. The predicted molar refractivity (Wildman–Crippen MR) is 83.2 cm³/mol. The zero-order chi connectivity index (χ0) is 13.8. The van der Waals surface area contributed by atoms with E-state index in [0.29, 0.717) is 12.2 Å². The Hall–Kier alpha value is -1.60. The first-order valence-electron chi connectivity index (χ1n) is 8.17. The third-order valence-corrected chi connectivity index (χ3v) is 5.91. The average molecular weight is 276 g/mol. The van der Waals surface area contributed by atoms with Gasteiger partial charge in [0, 0.05) is 0 Å². The Morgan fingerprint density at radius 3 is 1.48 bits per heavy atom.